The number of hydrogen-bond donors (Lipinski definition) is 8. The zero-order valence-corrected chi connectivity index (χ0v) is 21.0. The summed E-state index contributed by atoms with van der Waals surface area (Å²) >= 11 is 1.41. The van der Waals surface area contributed by atoms with Gasteiger partial charge in [0.2, 0.25) is 17.7 Å². The first-order chi connectivity index (χ1) is 16.6. The number of nitrogens with one attached hydrogen (secondary N) is 3. The monoisotopic (exact) mass is 520 g/mol. The number of carbonyl (C=O) groups excluding carboxylic acids is 3. The van der Waals surface area contributed by atoms with Gasteiger partial charge in [-0.05, 0) is 63.6 Å². The van der Waals surface area contributed by atoms with Gasteiger partial charge in [0, 0.05) is 0 Å². The Kier molecular flexibility index (Phi) is 17.5. The number of nitrogens with two attached hydrogens (primary N) is 3. The molecule has 0 aliphatic rings. The van der Waals surface area contributed by atoms with Crippen LogP contribution in [0.25, 0.3) is 0 Å². The molecule has 14 heteroatoms. The van der Waals surface area contributed by atoms with Crippen molar-refractivity contribution in [3.8, 4) is 0 Å². The molecule has 0 rings (SSSR count). The Bertz CT molecular complexity index is 697. The number of aliphatic carboxylic acids is 2. The average molecular weight is 521 g/mol. The predicted molar refractivity (Wildman–Crippen MR) is 132 cm³/mol. The van der Waals surface area contributed by atoms with Crippen LogP contribution in [0.1, 0.15) is 51.4 Å². The summed E-state index contributed by atoms with van der Waals surface area (Å²) in [5.74, 6) is -4.40. The SMILES string of the molecule is CSCCC(NC(=O)C(CCCCN)NC(=O)C(N)CCCCN)C(=O)NC(CC(=O)O)C(=O)O. The molecule has 0 radical (unpaired) electrons. The van der Waals surface area contributed by atoms with Crippen LogP contribution in [0.4, 0.5) is 0 Å². The zero-order valence-electron chi connectivity index (χ0n) is 20.2. The fourth-order valence-electron chi connectivity index (χ4n) is 3.10. The van der Waals surface area contributed by atoms with E-state index in [-0.39, 0.29) is 12.8 Å². The molecule has 0 saturated carbocycles. The zero-order chi connectivity index (χ0) is 26.8. The van der Waals surface area contributed by atoms with E-state index in [4.69, 9.17) is 22.3 Å². The van der Waals surface area contributed by atoms with Gasteiger partial charge in [0.05, 0.1) is 12.5 Å². The third kappa shape index (κ3) is 14.5. The van der Waals surface area contributed by atoms with Crippen molar-refractivity contribution in [1.29, 1.82) is 0 Å². The number of amides is 3. The first kappa shape index (κ1) is 32.6. The molecule has 4 atom stereocenters. The molecule has 0 heterocycles. The van der Waals surface area contributed by atoms with E-state index >= 15 is 0 Å². The smallest absolute Gasteiger partial charge is 0.326 e. The van der Waals surface area contributed by atoms with Crippen LogP contribution in [0.2, 0.25) is 0 Å². The number of carboxylic acid groups (broad SMARTS) is 2. The van der Waals surface area contributed by atoms with Crippen LogP contribution >= 0.6 is 11.8 Å². The second-order valence-electron chi connectivity index (χ2n) is 8.08. The van der Waals surface area contributed by atoms with Crippen molar-refractivity contribution in [1.82, 2.24) is 16.0 Å². The first-order valence-electron chi connectivity index (χ1n) is 11.6. The Morgan fingerprint density at radius 1 is 0.743 bits per heavy atom. The van der Waals surface area contributed by atoms with Crippen molar-refractivity contribution in [3.05, 3.63) is 0 Å². The third-order valence-corrected chi connectivity index (χ3v) is 5.77. The quantitative estimate of drug-likeness (QED) is 0.0844. The maximum absolute atomic E-state index is 13.0. The van der Waals surface area contributed by atoms with Gasteiger partial charge in [-0.15, -0.1) is 0 Å². The van der Waals surface area contributed by atoms with Crippen molar-refractivity contribution in [2.45, 2.75) is 75.5 Å². The Balaban J connectivity index is 5.41. The van der Waals surface area contributed by atoms with Crippen LogP contribution in [0, 0.1) is 0 Å². The lowest BCUT2D eigenvalue weighted by atomic mass is 10.0. The highest BCUT2D eigenvalue weighted by Gasteiger charge is 2.30. The molecule has 0 saturated heterocycles. The molecule has 13 nitrogen and oxygen atoms in total. The van der Waals surface area contributed by atoms with Crippen molar-refractivity contribution >= 4 is 41.4 Å². The molecule has 0 bridgehead atoms. The molecular weight excluding hydrogens is 480 g/mol. The van der Waals surface area contributed by atoms with E-state index in [0.717, 1.165) is 0 Å². The standard InChI is InChI=1S/C21H40N6O7S/c1-35-11-8-15(20(32)27-16(21(33)34)12-17(28)29)26-19(31)14(7-3-5-10-23)25-18(30)13(24)6-2-4-9-22/h13-16H,2-12,22-24H2,1H3,(H,25,30)(H,26,31)(H,27,32)(H,28,29)(H,33,34). The summed E-state index contributed by atoms with van der Waals surface area (Å²) < 4.78 is 0. The van der Waals surface area contributed by atoms with E-state index in [1.165, 1.54) is 11.8 Å². The summed E-state index contributed by atoms with van der Waals surface area (Å²) in [6.07, 6.45) is 4.34. The van der Waals surface area contributed by atoms with E-state index in [0.29, 0.717) is 50.9 Å². The lowest BCUT2D eigenvalue weighted by Gasteiger charge is -2.25. The normalized spacial score (nSPS) is 14.3. The third-order valence-electron chi connectivity index (χ3n) is 5.12. The fraction of sp³-hybridized carbons (Fsp3) is 0.762. The molecule has 0 aliphatic carbocycles. The van der Waals surface area contributed by atoms with Gasteiger partial charge >= 0.3 is 11.9 Å². The van der Waals surface area contributed by atoms with Crippen LogP contribution in [-0.2, 0) is 24.0 Å². The second-order valence-corrected chi connectivity index (χ2v) is 9.06. The molecule has 202 valence electrons. The van der Waals surface area contributed by atoms with Crippen LogP contribution in [0.3, 0.4) is 0 Å². The Hall–Kier alpha value is -2.42. The number of carboxylic acids is 2. The lowest BCUT2D eigenvalue weighted by molar-refractivity contribution is -0.147. The molecule has 3 amide bonds. The highest BCUT2D eigenvalue weighted by atomic mass is 32.2. The van der Waals surface area contributed by atoms with Crippen LogP contribution in [0.5, 0.6) is 0 Å². The molecule has 0 spiro atoms. The Morgan fingerprint density at radius 2 is 1.23 bits per heavy atom. The van der Waals surface area contributed by atoms with Crippen molar-refractivity contribution in [3.63, 3.8) is 0 Å². The average Bonchev–Trinajstić information content (AvgIpc) is 2.80. The minimum Gasteiger partial charge on any atom is -0.481 e. The van der Waals surface area contributed by atoms with Gasteiger partial charge in [-0.3, -0.25) is 19.2 Å². The van der Waals surface area contributed by atoms with Gasteiger partial charge in [-0.2, -0.15) is 11.8 Å². The maximum Gasteiger partial charge on any atom is 0.326 e. The largest absolute Gasteiger partial charge is 0.481 e. The molecule has 35 heavy (non-hydrogen) atoms. The minimum atomic E-state index is -1.65. The highest BCUT2D eigenvalue weighted by molar-refractivity contribution is 7.98. The van der Waals surface area contributed by atoms with Crippen molar-refractivity contribution in [2.24, 2.45) is 17.2 Å². The van der Waals surface area contributed by atoms with E-state index < -0.39 is 60.2 Å². The second kappa shape index (κ2) is 18.9. The van der Waals surface area contributed by atoms with Crippen LogP contribution in [-0.4, -0.2) is 89.1 Å². The van der Waals surface area contributed by atoms with E-state index in [2.05, 4.69) is 16.0 Å². The van der Waals surface area contributed by atoms with Crippen molar-refractivity contribution in [2.75, 3.05) is 25.1 Å². The number of carbonyl (C=O) groups is 5. The molecule has 0 aromatic heterocycles. The van der Waals surface area contributed by atoms with Gasteiger partial charge in [0.1, 0.15) is 18.1 Å². The van der Waals surface area contributed by atoms with Gasteiger partial charge in [0.25, 0.3) is 0 Å². The Labute approximate surface area is 209 Å². The topological polar surface area (TPSA) is 240 Å². The number of hydrogen-bond acceptors (Lipinski definition) is 9. The predicted octanol–water partition coefficient (Wildman–Crippen LogP) is -1.66. The summed E-state index contributed by atoms with van der Waals surface area (Å²) in [6.45, 7) is 0.882. The summed E-state index contributed by atoms with van der Waals surface area (Å²) in [6, 6.07) is -4.58. The highest BCUT2D eigenvalue weighted by Crippen LogP contribution is 2.07. The lowest BCUT2D eigenvalue weighted by Crippen LogP contribution is -2.57. The van der Waals surface area contributed by atoms with E-state index in [9.17, 15) is 29.1 Å². The van der Waals surface area contributed by atoms with E-state index in [1.54, 1.807) is 6.26 Å². The summed E-state index contributed by atoms with van der Waals surface area (Å²) in [5.41, 5.74) is 16.9. The number of unbranched alkanes of at least 4 members (excludes halogenated alkanes) is 2. The van der Waals surface area contributed by atoms with Crippen LogP contribution < -0.4 is 33.2 Å². The molecule has 0 aliphatic heterocycles. The van der Waals surface area contributed by atoms with Crippen LogP contribution in [0.15, 0.2) is 0 Å². The van der Waals surface area contributed by atoms with Crippen molar-refractivity contribution < 1.29 is 34.2 Å². The number of thioether (sulfide) groups is 1. The molecule has 4 unspecified atom stereocenters. The molecule has 0 aromatic rings. The summed E-state index contributed by atoms with van der Waals surface area (Å²) in [5, 5.41) is 25.5. The van der Waals surface area contributed by atoms with E-state index in [1.807, 2.05) is 0 Å². The molecular formula is C21H40N6O7S. The van der Waals surface area contributed by atoms with Gasteiger partial charge in [-0.1, -0.05) is 6.42 Å². The molecule has 0 fully saturated rings. The Morgan fingerprint density at radius 3 is 1.71 bits per heavy atom. The minimum absolute atomic E-state index is 0.167. The van der Waals surface area contributed by atoms with Gasteiger partial charge in [-0.25, -0.2) is 4.79 Å². The summed E-state index contributed by atoms with van der Waals surface area (Å²) in [4.78, 5) is 60.5. The maximum atomic E-state index is 13.0. The van der Waals surface area contributed by atoms with Gasteiger partial charge in [0.15, 0.2) is 0 Å². The summed E-state index contributed by atoms with van der Waals surface area (Å²) in [7, 11) is 0. The first-order valence-corrected chi connectivity index (χ1v) is 13.0. The van der Waals surface area contributed by atoms with Gasteiger partial charge < -0.3 is 43.4 Å². The molecule has 11 N–H and O–H groups in total. The fourth-order valence-corrected chi connectivity index (χ4v) is 3.58. The number of rotatable bonds is 20. The molecule has 0 aromatic carbocycles.